The van der Waals surface area contributed by atoms with E-state index in [4.69, 9.17) is 4.74 Å². The van der Waals surface area contributed by atoms with Gasteiger partial charge in [0.05, 0.1) is 25.4 Å². The van der Waals surface area contributed by atoms with Crippen LogP contribution in [0.5, 0.6) is 0 Å². The van der Waals surface area contributed by atoms with E-state index in [2.05, 4.69) is 43.5 Å². The summed E-state index contributed by atoms with van der Waals surface area (Å²) in [4.78, 5) is 24.6. The van der Waals surface area contributed by atoms with Crippen molar-refractivity contribution in [3.05, 3.63) is 24.3 Å². The topological polar surface area (TPSA) is 95.9 Å². The van der Waals surface area contributed by atoms with E-state index in [1.165, 1.54) is 353 Å². The second-order valence-corrected chi connectivity index (χ2v) is 26.7. The van der Waals surface area contributed by atoms with E-state index < -0.39 is 12.1 Å². The highest BCUT2D eigenvalue weighted by atomic mass is 16.5. The highest BCUT2D eigenvalue weighted by molar-refractivity contribution is 5.76. The number of unbranched alkanes of at least 4 members (excludes halogenated alkanes) is 58. The zero-order valence-corrected chi connectivity index (χ0v) is 57.2. The minimum absolute atomic E-state index is 0.0174. The van der Waals surface area contributed by atoms with Gasteiger partial charge in [0.25, 0.3) is 0 Å². The molecule has 0 saturated heterocycles. The molecule has 0 aliphatic heterocycles. The van der Waals surface area contributed by atoms with Crippen LogP contribution in [0.1, 0.15) is 438 Å². The number of aliphatic hydroxyl groups is 2. The molecule has 0 aromatic rings. The molecule has 84 heavy (non-hydrogen) atoms. The van der Waals surface area contributed by atoms with Crippen LogP contribution in [0.4, 0.5) is 0 Å². The lowest BCUT2D eigenvalue weighted by atomic mass is 10.0. The third-order valence-corrected chi connectivity index (χ3v) is 18.3. The fourth-order valence-electron chi connectivity index (χ4n) is 12.4. The Bertz CT molecular complexity index is 1320. The lowest BCUT2D eigenvalue weighted by Crippen LogP contribution is -2.45. The quantitative estimate of drug-likeness (QED) is 0.0320. The molecule has 0 bridgehead atoms. The van der Waals surface area contributed by atoms with Gasteiger partial charge in [-0.2, -0.15) is 0 Å². The molecular weight excluding hydrogens is 1030 g/mol. The average molecular weight is 1180 g/mol. The van der Waals surface area contributed by atoms with Crippen molar-refractivity contribution in [2.24, 2.45) is 0 Å². The van der Waals surface area contributed by atoms with Crippen molar-refractivity contribution in [3.63, 3.8) is 0 Å². The molecule has 0 saturated carbocycles. The third-order valence-electron chi connectivity index (χ3n) is 18.3. The standard InChI is InChI=1S/C78H151NO5/c1-3-5-7-9-11-13-15-16-17-18-43-46-49-52-56-60-64-68-72-78(83)84-73-69-65-61-57-53-50-47-44-41-39-37-35-33-31-29-27-25-23-21-19-20-22-24-26-28-30-32-34-36-38-40-42-45-48-51-55-59-63-67-71-77(82)79-75(74-80)76(81)70-66-62-58-54-14-12-10-8-6-4-2/h13,15,17-18,75-76,80-81H,3-12,14,16,19-74H2,1-2H3,(H,79,82)/b15-13-,18-17-. The number of nitrogens with one attached hydrogen (secondary N) is 1. The predicted molar refractivity (Wildman–Crippen MR) is 370 cm³/mol. The Morgan fingerprint density at radius 3 is 0.917 bits per heavy atom. The second-order valence-electron chi connectivity index (χ2n) is 26.7. The average Bonchev–Trinajstić information content (AvgIpc) is 3.51. The van der Waals surface area contributed by atoms with Crippen LogP contribution in [0.3, 0.4) is 0 Å². The second kappa shape index (κ2) is 73.8. The van der Waals surface area contributed by atoms with E-state index >= 15 is 0 Å². The van der Waals surface area contributed by atoms with Crippen molar-refractivity contribution in [2.45, 2.75) is 450 Å². The van der Waals surface area contributed by atoms with Gasteiger partial charge in [0.2, 0.25) is 5.91 Å². The Labute approximate surface area is 526 Å². The van der Waals surface area contributed by atoms with Crippen LogP contribution in [-0.2, 0) is 14.3 Å². The number of allylic oxidation sites excluding steroid dienone is 4. The van der Waals surface area contributed by atoms with E-state index in [0.717, 1.165) is 51.4 Å². The van der Waals surface area contributed by atoms with Gasteiger partial charge in [0.15, 0.2) is 0 Å². The first-order chi connectivity index (χ1) is 41.5. The molecular formula is C78H151NO5. The number of esters is 1. The van der Waals surface area contributed by atoms with Crippen LogP contribution in [0, 0.1) is 0 Å². The summed E-state index contributed by atoms with van der Waals surface area (Å²) in [5.41, 5.74) is 0. The minimum Gasteiger partial charge on any atom is -0.466 e. The van der Waals surface area contributed by atoms with Gasteiger partial charge in [-0.3, -0.25) is 9.59 Å². The van der Waals surface area contributed by atoms with Gasteiger partial charge < -0.3 is 20.3 Å². The molecule has 6 nitrogen and oxygen atoms in total. The molecule has 0 aliphatic carbocycles. The number of rotatable bonds is 73. The van der Waals surface area contributed by atoms with Crippen LogP contribution >= 0.6 is 0 Å². The summed E-state index contributed by atoms with van der Waals surface area (Å²) >= 11 is 0. The number of carbonyl (C=O) groups is 2. The van der Waals surface area contributed by atoms with Gasteiger partial charge in [-0.1, -0.05) is 391 Å². The Morgan fingerprint density at radius 2 is 0.595 bits per heavy atom. The molecule has 498 valence electrons. The maximum atomic E-state index is 12.5. The molecule has 1 amide bonds. The summed E-state index contributed by atoms with van der Waals surface area (Å²) in [6.45, 7) is 4.96. The number of ether oxygens (including phenoxy) is 1. The molecule has 0 rings (SSSR count). The molecule has 3 N–H and O–H groups in total. The zero-order chi connectivity index (χ0) is 60.6. The monoisotopic (exact) mass is 1180 g/mol. The van der Waals surface area contributed by atoms with Crippen molar-refractivity contribution in [1.82, 2.24) is 5.32 Å². The summed E-state index contributed by atoms with van der Waals surface area (Å²) in [6.07, 6.45) is 94.3. The number of amides is 1. The lowest BCUT2D eigenvalue weighted by Gasteiger charge is -2.22. The molecule has 0 aromatic carbocycles. The third kappa shape index (κ3) is 69.4. The summed E-state index contributed by atoms with van der Waals surface area (Å²) in [5, 5.41) is 23.2. The highest BCUT2D eigenvalue weighted by Crippen LogP contribution is 2.20. The molecule has 0 radical (unpaired) electrons. The fourth-order valence-corrected chi connectivity index (χ4v) is 12.4. The Hall–Kier alpha value is -1.66. The Kier molecular flexibility index (Phi) is 72.3. The maximum Gasteiger partial charge on any atom is 0.305 e. The molecule has 6 heteroatoms. The maximum absolute atomic E-state index is 12.5. The van der Waals surface area contributed by atoms with Crippen LogP contribution in [-0.4, -0.2) is 47.4 Å². The summed E-state index contributed by atoms with van der Waals surface area (Å²) in [5.74, 6) is -0.0108. The van der Waals surface area contributed by atoms with Gasteiger partial charge in [-0.15, -0.1) is 0 Å². The zero-order valence-electron chi connectivity index (χ0n) is 57.2. The fraction of sp³-hybridized carbons (Fsp3) is 0.923. The van der Waals surface area contributed by atoms with Gasteiger partial charge in [0, 0.05) is 12.8 Å². The van der Waals surface area contributed by atoms with Gasteiger partial charge in [-0.05, 0) is 57.8 Å². The smallest absolute Gasteiger partial charge is 0.305 e. The number of hydrogen-bond acceptors (Lipinski definition) is 5. The van der Waals surface area contributed by atoms with Gasteiger partial charge >= 0.3 is 5.97 Å². The summed E-state index contributed by atoms with van der Waals surface area (Å²) in [7, 11) is 0. The van der Waals surface area contributed by atoms with E-state index in [9.17, 15) is 19.8 Å². The summed E-state index contributed by atoms with van der Waals surface area (Å²) in [6, 6.07) is -0.534. The molecule has 0 aliphatic rings. The van der Waals surface area contributed by atoms with Gasteiger partial charge in [-0.25, -0.2) is 0 Å². The van der Waals surface area contributed by atoms with E-state index in [1.54, 1.807) is 0 Å². The summed E-state index contributed by atoms with van der Waals surface area (Å²) < 4.78 is 5.51. The normalized spacial score (nSPS) is 12.6. The molecule has 0 heterocycles. The van der Waals surface area contributed by atoms with Crippen molar-refractivity contribution in [1.29, 1.82) is 0 Å². The van der Waals surface area contributed by atoms with Crippen LogP contribution in [0.15, 0.2) is 24.3 Å². The Balaban J connectivity index is 3.26. The van der Waals surface area contributed by atoms with Crippen molar-refractivity contribution in [3.8, 4) is 0 Å². The lowest BCUT2D eigenvalue weighted by molar-refractivity contribution is -0.143. The number of hydrogen-bond donors (Lipinski definition) is 3. The molecule has 0 fully saturated rings. The first kappa shape index (κ1) is 82.3. The van der Waals surface area contributed by atoms with Crippen LogP contribution in [0.2, 0.25) is 0 Å². The number of aliphatic hydroxyl groups excluding tert-OH is 2. The number of carbonyl (C=O) groups excluding carboxylic acids is 2. The largest absolute Gasteiger partial charge is 0.466 e. The minimum atomic E-state index is -0.657. The first-order valence-corrected chi connectivity index (χ1v) is 38.6. The van der Waals surface area contributed by atoms with E-state index in [-0.39, 0.29) is 18.5 Å². The van der Waals surface area contributed by atoms with Crippen LogP contribution in [0.25, 0.3) is 0 Å². The molecule has 2 atom stereocenters. The molecule has 0 aromatic heterocycles. The van der Waals surface area contributed by atoms with E-state index in [1.807, 2.05) is 0 Å². The highest BCUT2D eigenvalue weighted by Gasteiger charge is 2.20. The Morgan fingerprint density at radius 1 is 0.333 bits per heavy atom. The van der Waals surface area contributed by atoms with Crippen LogP contribution < -0.4 is 5.32 Å². The van der Waals surface area contributed by atoms with Crippen molar-refractivity contribution in [2.75, 3.05) is 13.2 Å². The SMILES string of the molecule is CCCCCC/C=C\C/C=C\CCCCCCCCCC(=O)OCCCCCCCCCCCCCCCCCCCCCCCCCCCCCCCCCCCCCCCCCC(=O)NC(CO)C(O)CCCCCCCCCCCC. The van der Waals surface area contributed by atoms with E-state index in [0.29, 0.717) is 25.9 Å². The van der Waals surface area contributed by atoms with Crippen molar-refractivity contribution >= 4 is 11.9 Å². The predicted octanol–water partition coefficient (Wildman–Crippen LogP) is 25.3. The first-order valence-electron chi connectivity index (χ1n) is 38.6. The van der Waals surface area contributed by atoms with Gasteiger partial charge in [0.1, 0.15) is 0 Å². The van der Waals surface area contributed by atoms with Crippen molar-refractivity contribution < 1.29 is 24.5 Å². The molecule has 2 unspecified atom stereocenters. The molecule has 0 spiro atoms.